The summed E-state index contributed by atoms with van der Waals surface area (Å²) >= 11 is 0. The van der Waals surface area contributed by atoms with Gasteiger partial charge in [0.25, 0.3) is 5.91 Å². The van der Waals surface area contributed by atoms with Crippen molar-refractivity contribution in [3.8, 4) is 5.75 Å². The molecule has 8 heteroatoms. The van der Waals surface area contributed by atoms with Gasteiger partial charge in [0.15, 0.2) is 6.61 Å². The van der Waals surface area contributed by atoms with E-state index in [1.807, 2.05) is 20.8 Å². The quantitative estimate of drug-likeness (QED) is 0.604. The Morgan fingerprint density at radius 1 is 1.19 bits per heavy atom. The minimum Gasteiger partial charge on any atom is -0.496 e. The average molecular weight is 380 g/mol. The molecule has 0 aliphatic rings. The summed E-state index contributed by atoms with van der Waals surface area (Å²) in [6.07, 6.45) is 0.804. The minimum absolute atomic E-state index is 0.264. The molecule has 3 amide bonds. The fourth-order valence-electron chi connectivity index (χ4n) is 2.13. The molecule has 150 valence electrons. The van der Waals surface area contributed by atoms with Crippen molar-refractivity contribution in [3.63, 3.8) is 0 Å². The zero-order valence-electron chi connectivity index (χ0n) is 16.3. The molecule has 0 heterocycles. The van der Waals surface area contributed by atoms with Crippen molar-refractivity contribution in [2.45, 2.75) is 33.8 Å². The fraction of sp³-hybridized carbons (Fsp3) is 0.526. The highest BCUT2D eigenvalue weighted by Gasteiger charge is 2.14. The number of carbonyl (C=O) groups excluding carboxylic acids is 3. The molecule has 8 nitrogen and oxygen atoms in total. The Bertz CT molecular complexity index is 645. The third kappa shape index (κ3) is 8.54. The second-order valence-electron chi connectivity index (χ2n) is 6.23. The number of nitrogens with one attached hydrogen (secondary N) is 2. The number of carbonyl (C=O) groups is 3. The number of hydrogen-bond donors (Lipinski definition) is 2. The molecule has 27 heavy (non-hydrogen) atoms. The molecular formula is C19H28N2O6. The first-order chi connectivity index (χ1) is 12.9. The van der Waals surface area contributed by atoms with E-state index in [4.69, 9.17) is 14.2 Å². The maximum atomic E-state index is 12.1. The summed E-state index contributed by atoms with van der Waals surface area (Å²) in [5.74, 6) is -0.339. The van der Waals surface area contributed by atoms with Crippen LogP contribution >= 0.6 is 0 Å². The van der Waals surface area contributed by atoms with Gasteiger partial charge in [-0.3, -0.25) is 10.1 Å². The van der Waals surface area contributed by atoms with E-state index in [9.17, 15) is 14.4 Å². The molecule has 0 spiro atoms. The largest absolute Gasteiger partial charge is 0.496 e. The normalized spacial score (nSPS) is 10.4. The molecule has 1 aromatic rings. The lowest BCUT2D eigenvalue weighted by molar-refractivity contribution is -0.123. The van der Waals surface area contributed by atoms with Crippen LogP contribution in [0.25, 0.3) is 0 Å². The second kappa shape index (κ2) is 11.9. The van der Waals surface area contributed by atoms with Crippen LogP contribution in [0.3, 0.4) is 0 Å². The highest BCUT2D eigenvalue weighted by Crippen LogP contribution is 2.21. The Kier molecular flexibility index (Phi) is 9.89. The van der Waals surface area contributed by atoms with Gasteiger partial charge in [-0.15, -0.1) is 0 Å². The number of amides is 3. The first kappa shape index (κ1) is 22.4. The SMILES string of the molecule is CCOCc1cc(C(=O)OCC(=O)NC(=O)NCCC(C)C)ccc1OC. The molecular weight excluding hydrogens is 352 g/mol. The van der Waals surface area contributed by atoms with Crippen molar-refractivity contribution in [1.29, 1.82) is 0 Å². The number of esters is 1. The first-order valence-corrected chi connectivity index (χ1v) is 8.86. The molecule has 1 aromatic carbocycles. The predicted molar refractivity (Wildman–Crippen MR) is 99.6 cm³/mol. The average Bonchev–Trinajstić information content (AvgIpc) is 2.63. The number of imide groups is 1. The summed E-state index contributed by atoms with van der Waals surface area (Å²) in [7, 11) is 1.53. The van der Waals surface area contributed by atoms with Crippen LogP contribution in [-0.2, 0) is 20.9 Å². The topological polar surface area (TPSA) is 103 Å². The van der Waals surface area contributed by atoms with Crippen LogP contribution in [0.4, 0.5) is 4.79 Å². The van der Waals surface area contributed by atoms with Crippen molar-refractivity contribution < 1.29 is 28.6 Å². The Balaban J connectivity index is 2.51. The Labute approximate surface area is 159 Å². The number of hydrogen-bond acceptors (Lipinski definition) is 6. The molecule has 0 atom stereocenters. The maximum absolute atomic E-state index is 12.1. The molecule has 0 radical (unpaired) electrons. The number of ether oxygens (including phenoxy) is 3. The van der Waals surface area contributed by atoms with Gasteiger partial charge in [-0.2, -0.15) is 0 Å². The van der Waals surface area contributed by atoms with Crippen LogP contribution < -0.4 is 15.4 Å². The predicted octanol–water partition coefficient (Wildman–Crippen LogP) is 2.26. The van der Waals surface area contributed by atoms with Gasteiger partial charge in [0.1, 0.15) is 5.75 Å². The fourth-order valence-corrected chi connectivity index (χ4v) is 2.13. The lowest BCUT2D eigenvalue weighted by Crippen LogP contribution is -2.41. The highest BCUT2D eigenvalue weighted by molar-refractivity contribution is 5.97. The smallest absolute Gasteiger partial charge is 0.338 e. The lowest BCUT2D eigenvalue weighted by atomic mass is 10.1. The molecule has 1 rings (SSSR count). The van der Waals surface area contributed by atoms with Gasteiger partial charge >= 0.3 is 12.0 Å². The standard InChI is InChI=1S/C19H28N2O6/c1-5-26-11-15-10-14(6-7-16(15)25-4)18(23)27-12-17(22)21-19(24)20-9-8-13(2)3/h6-7,10,13H,5,8-9,11-12H2,1-4H3,(H2,20,21,22,24). The number of benzene rings is 1. The zero-order chi connectivity index (χ0) is 20.2. The van der Waals surface area contributed by atoms with Gasteiger partial charge in [-0.25, -0.2) is 9.59 Å². The van der Waals surface area contributed by atoms with Gasteiger partial charge in [-0.1, -0.05) is 13.8 Å². The van der Waals surface area contributed by atoms with E-state index in [-0.39, 0.29) is 12.2 Å². The highest BCUT2D eigenvalue weighted by atomic mass is 16.5. The van der Waals surface area contributed by atoms with E-state index in [1.165, 1.54) is 13.2 Å². The van der Waals surface area contributed by atoms with Crippen LogP contribution in [0.1, 0.15) is 43.1 Å². The monoisotopic (exact) mass is 380 g/mol. The Morgan fingerprint density at radius 2 is 1.93 bits per heavy atom. The summed E-state index contributed by atoms with van der Waals surface area (Å²) in [5, 5.41) is 4.68. The van der Waals surface area contributed by atoms with Crippen LogP contribution in [0.5, 0.6) is 5.75 Å². The van der Waals surface area contributed by atoms with Crippen molar-refractivity contribution in [3.05, 3.63) is 29.3 Å². The third-order valence-corrected chi connectivity index (χ3v) is 3.57. The van der Waals surface area contributed by atoms with E-state index >= 15 is 0 Å². The van der Waals surface area contributed by atoms with Gasteiger partial charge in [0.05, 0.1) is 19.3 Å². The van der Waals surface area contributed by atoms with Gasteiger partial charge in [0, 0.05) is 18.7 Å². The van der Waals surface area contributed by atoms with E-state index in [1.54, 1.807) is 12.1 Å². The van der Waals surface area contributed by atoms with E-state index < -0.39 is 24.5 Å². The number of urea groups is 1. The van der Waals surface area contributed by atoms with Crippen molar-refractivity contribution in [2.75, 3.05) is 26.9 Å². The van der Waals surface area contributed by atoms with Crippen LogP contribution in [0.2, 0.25) is 0 Å². The molecule has 0 fully saturated rings. The number of methoxy groups -OCH3 is 1. The summed E-state index contributed by atoms with van der Waals surface area (Å²) in [4.78, 5) is 35.4. The van der Waals surface area contributed by atoms with Crippen LogP contribution in [0, 0.1) is 5.92 Å². The zero-order valence-corrected chi connectivity index (χ0v) is 16.3. The number of rotatable bonds is 10. The Morgan fingerprint density at radius 3 is 2.56 bits per heavy atom. The van der Waals surface area contributed by atoms with Crippen molar-refractivity contribution in [2.24, 2.45) is 5.92 Å². The first-order valence-electron chi connectivity index (χ1n) is 8.86. The molecule has 0 saturated carbocycles. The molecule has 0 saturated heterocycles. The van der Waals surface area contributed by atoms with E-state index in [0.29, 0.717) is 30.4 Å². The van der Waals surface area contributed by atoms with Crippen LogP contribution in [0.15, 0.2) is 18.2 Å². The molecule has 0 aliphatic heterocycles. The Hall–Kier alpha value is -2.61. The summed E-state index contributed by atoms with van der Waals surface area (Å²) < 4.78 is 15.5. The molecule has 0 bridgehead atoms. The molecule has 2 N–H and O–H groups in total. The van der Waals surface area contributed by atoms with Gasteiger partial charge in [0.2, 0.25) is 0 Å². The van der Waals surface area contributed by atoms with E-state index in [2.05, 4.69) is 10.6 Å². The minimum atomic E-state index is -0.701. The molecule has 0 aliphatic carbocycles. The lowest BCUT2D eigenvalue weighted by Gasteiger charge is -2.11. The molecule has 0 aromatic heterocycles. The van der Waals surface area contributed by atoms with Crippen molar-refractivity contribution >= 4 is 17.9 Å². The maximum Gasteiger partial charge on any atom is 0.338 e. The second-order valence-corrected chi connectivity index (χ2v) is 6.23. The summed E-state index contributed by atoms with van der Waals surface area (Å²) in [5.41, 5.74) is 0.961. The van der Waals surface area contributed by atoms with Crippen LogP contribution in [-0.4, -0.2) is 44.8 Å². The van der Waals surface area contributed by atoms with E-state index in [0.717, 1.165) is 6.42 Å². The van der Waals surface area contributed by atoms with Gasteiger partial charge in [-0.05, 0) is 37.5 Å². The summed E-state index contributed by atoms with van der Waals surface area (Å²) in [6.45, 7) is 6.65. The third-order valence-electron chi connectivity index (χ3n) is 3.57. The molecule has 0 unspecified atom stereocenters. The van der Waals surface area contributed by atoms with Gasteiger partial charge < -0.3 is 19.5 Å². The summed E-state index contributed by atoms with van der Waals surface area (Å²) in [6, 6.07) is 4.15. The van der Waals surface area contributed by atoms with Crippen molar-refractivity contribution in [1.82, 2.24) is 10.6 Å².